The third-order valence-electron chi connectivity index (χ3n) is 3.30. The molecule has 5 nitrogen and oxygen atoms in total. The van der Waals surface area contributed by atoms with Crippen molar-refractivity contribution in [3.8, 4) is 0 Å². The van der Waals surface area contributed by atoms with Crippen LogP contribution >= 0.6 is 11.6 Å². The van der Waals surface area contributed by atoms with Crippen LogP contribution in [0.1, 0.15) is 34.1 Å². The number of nitrogens with zero attached hydrogens (tertiary/aromatic N) is 3. The Labute approximate surface area is 125 Å². The lowest BCUT2D eigenvalue weighted by atomic mass is 9.93. The summed E-state index contributed by atoms with van der Waals surface area (Å²) in [6.07, 6.45) is 2.52. The van der Waals surface area contributed by atoms with Crippen molar-refractivity contribution in [1.82, 2.24) is 9.78 Å². The van der Waals surface area contributed by atoms with Gasteiger partial charge in [-0.3, -0.25) is 4.79 Å². The Kier molecular flexibility index (Phi) is 6.02. The monoisotopic (exact) mass is 300 g/mol. The summed E-state index contributed by atoms with van der Waals surface area (Å²) < 4.78 is 1.41. The predicted octanol–water partition coefficient (Wildman–Crippen LogP) is 2.12. The second kappa shape index (κ2) is 7.09. The molecule has 0 fully saturated rings. The van der Waals surface area contributed by atoms with Crippen LogP contribution in [0.15, 0.2) is 11.0 Å². The van der Waals surface area contributed by atoms with E-state index < -0.39 is 0 Å². The predicted molar refractivity (Wildman–Crippen MR) is 84.5 cm³/mol. The van der Waals surface area contributed by atoms with Crippen molar-refractivity contribution in [1.29, 1.82) is 0 Å². The van der Waals surface area contributed by atoms with Crippen molar-refractivity contribution in [3.63, 3.8) is 0 Å². The van der Waals surface area contributed by atoms with E-state index in [1.54, 1.807) is 6.20 Å². The highest BCUT2D eigenvalue weighted by Crippen LogP contribution is 2.25. The third kappa shape index (κ3) is 3.96. The maximum Gasteiger partial charge on any atom is 0.287 e. The Balaban J connectivity index is 3.11. The van der Waals surface area contributed by atoms with E-state index >= 15 is 0 Å². The molecule has 1 rings (SSSR count). The number of hydrogen-bond acceptors (Lipinski definition) is 4. The minimum Gasteiger partial charge on any atom is -0.369 e. The van der Waals surface area contributed by atoms with Crippen molar-refractivity contribution in [2.45, 2.75) is 40.7 Å². The summed E-state index contributed by atoms with van der Waals surface area (Å²) in [5.74, 6) is 0. The number of halogens is 1. The van der Waals surface area contributed by atoms with Crippen molar-refractivity contribution in [3.05, 3.63) is 21.6 Å². The van der Waals surface area contributed by atoms with Gasteiger partial charge in [-0.15, -0.1) is 0 Å². The van der Waals surface area contributed by atoms with E-state index in [9.17, 15) is 4.79 Å². The average molecular weight is 301 g/mol. The van der Waals surface area contributed by atoms with Gasteiger partial charge in [-0.1, -0.05) is 32.4 Å². The molecule has 1 aromatic heterocycles. The number of hydrogen-bond donors (Lipinski definition) is 1. The quantitative estimate of drug-likeness (QED) is 0.838. The van der Waals surface area contributed by atoms with E-state index in [1.165, 1.54) is 4.68 Å². The van der Waals surface area contributed by atoms with E-state index in [0.29, 0.717) is 18.8 Å². The normalized spacial score (nSPS) is 11.7. The van der Waals surface area contributed by atoms with Crippen LogP contribution in [0, 0.1) is 5.41 Å². The van der Waals surface area contributed by atoms with Gasteiger partial charge in [-0.2, -0.15) is 5.10 Å². The maximum atomic E-state index is 12.2. The summed E-state index contributed by atoms with van der Waals surface area (Å²) >= 11 is 6.23. The van der Waals surface area contributed by atoms with Crippen LogP contribution in [0.5, 0.6) is 0 Å². The lowest BCUT2D eigenvalue weighted by Crippen LogP contribution is -2.40. The molecule has 0 saturated heterocycles. The van der Waals surface area contributed by atoms with Crippen molar-refractivity contribution in [2.24, 2.45) is 11.1 Å². The van der Waals surface area contributed by atoms with Gasteiger partial charge >= 0.3 is 0 Å². The molecule has 1 aromatic rings. The largest absolute Gasteiger partial charge is 0.369 e. The minimum absolute atomic E-state index is 0.0440. The van der Waals surface area contributed by atoms with Gasteiger partial charge in [-0.25, -0.2) is 4.68 Å². The van der Waals surface area contributed by atoms with Crippen LogP contribution in [-0.2, 0) is 6.54 Å². The molecule has 2 N–H and O–H groups in total. The molecule has 0 saturated carbocycles. The zero-order chi connectivity index (χ0) is 15.3. The molecular weight excluding hydrogens is 276 g/mol. The number of aryl methyl sites for hydroxylation is 1. The zero-order valence-electron chi connectivity index (χ0n) is 12.8. The van der Waals surface area contributed by atoms with Crippen LogP contribution in [-0.4, -0.2) is 29.4 Å². The van der Waals surface area contributed by atoms with E-state index in [2.05, 4.69) is 23.8 Å². The Hall–Kier alpha value is -1.07. The molecule has 0 radical (unpaired) electrons. The van der Waals surface area contributed by atoms with Gasteiger partial charge in [0.25, 0.3) is 5.56 Å². The van der Waals surface area contributed by atoms with Gasteiger partial charge in [0.05, 0.1) is 11.9 Å². The summed E-state index contributed by atoms with van der Waals surface area (Å²) in [6, 6.07) is 0. The SMILES string of the molecule is CCCn1ncc(N(CC)CC(C)(C)CN)c(Cl)c1=O. The lowest BCUT2D eigenvalue weighted by molar-refractivity contribution is 0.379. The molecule has 0 atom stereocenters. The fourth-order valence-corrected chi connectivity index (χ4v) is 2.26. The summed E-state index contributed by atoms with van der Waals surface area (Å²) in [5, 5.41) is 4.44. The van der Waals surface area contributed by atoms with Crippen LogP contribution in [0.2, 0.25) is 5.02 Å². The van der Waals surface area contributed by atoms with E-state index in [0.717, 1.165) is 19.5 Å². The summed E-state index contributed by atoms with van der Waals surface area (Å²) in [7, 11) is 0. The van der Waals surface area contributed by atoms with Gasteiger partial charge in [0.1, 0.15) is 5.02 Å². The molecule has 0 spiro atoms. The molecule has 0 amide bonds. The molecule has 0 aliphatic rings. The van der Waals surface area contributed by atoms with Crippen molar-refractivity contribution < 1.29 is 0 Å². The first-order chi connectivity index (χ1) is 9.36. The Bertz CT molecular complexity index is 498. The van der Waals surface area contributed by atoms with E-state index in [-0.39, 0.29) is 16.0 Å². The van der Waals surface area contributed by atoms with Gasteiger partial charge in [0.15, 0.2) is 0 Å². The molecule has 1 heterocycles. The fourth-order valence-electron chi connectivity index (χ4n) is 2.00. The van der Waals surface area contributed by atoms with Crippen molar-refractivity contribution in [2.75, 3.05) is 24.5 Å². The fraction of sp³-hybridized carbons (Fsp3) is 0.714. The number of rotatable bonds is 7. The summed E-state index contributed by atoms with van der Waals surface area (Å²) in [5.41, 5.74) is 6.20. The molecule has 0 aromatic carbocycles. The topological polar surface area (TPSA) is 64.2 Å². The Morgan fingerprint density at radius 3 is 2.60 bits per heavy atom. The number of nitrogens with two attached hydrogens (primary N) is 1. The standard InChI is InChI=1S/C14H25ClN4O/c1-5-7-19-13(20)12(15)11(8-17-19)18(6-2)10-14(3,4)9-16/h8H,5-7,9-10,16H2,1-4H3. The highest BCUT2D eigenvalue weighted by molar-refractivity contribution is 6.33. The van der Waals surface area contributed by atoms with Crippen LogP contribution in [0.25, 0.3) is 0 Å². The molecule has 0 bridgehead atoms. The van der Waals surface area contributed by atoms with E-state index in [4.69, 9.17) is 17.3 Å². The van der Waals surface area contributed by atoms with Gasteiger partial charge in [0.2, 0.25) is 0 Å². The smallest absolute Gasteiger partial charge is 0.287 e. The molecule has 114 valence electrons. The molecule has 20 heavy (non-hydrogen) atoms. The first-order valence-electron chi connectivity index (χ1n) is 7.07. The highest BCUT2D eigenvalue weighted by atomic mass is 35.5. The van der Waals surface area contributed by atoms with Crippen molar-refractivity contribution >= 4 is 17.3 Å². The Morgan fingerprint density at radius 1 is 1.45 bits per heavy atom. The minimum atomic E-state index is -0.227. The molecule has 0 unspecified atom stereocenters. The first-order valence-corrected chi connectivity index (χ1v) is 7.44. The van der Waals surface area contributed by atoms with Crippen LogP contribution in [0.3, 0.4) is 0 Å². The third-order valence-corrected chi connectivity index (χ3v) is 3.65. The lowest BCUT2D eigenvalue weighted by Gasteiger charge is -2.32. The summed E-state index contributed by atoms with van der Waals surface area (Å²) in [4.78, 5) is 14.2. The highest BCUT2D eigenvalue weighted by Gasteiger charge is 2.22. The maximum absolute atomic E-state index is 12.2. The zero-order valence-corrected chi connectivity index (χ0v) is 13.6. The van der Waals surface area contributed by atoms with Gasteiger partial charge < -0.3 is 10.6 Å². The van der Waals surface area contributed by atoms with E-state index in [1.807, 2.05) is 13.8 Å². The second-order valence-electron chi connectivity index (χ2n) is 5.75. The molecule has 0 aliphatic carbocycles. The first kappa shape index (κ1) is 17.0. The molecule has 6 heteroatoms. The second-order valence-corrected chi connectivity index (χ2v) is 6.13. The van der Waals surface area contributed by atoms with Gasteiger partial charge in [0, 0.05) is 19.6 Å². The van der Waals surface area contributed by atoms with Gasteiger partial charge in [-0.05, 0) is 25.3 Å². The van der Waals surface area contributed by atoms with Crippen LogP contribution in [0.4, 0.5) is 5.69 Å². The number of aromatic nitrogens is 2. The average Bonchev–Trinajstić information content (AvgIpc) is 2.42. The molecular formula is C14H25ClN4O. The summed E-state index contributed by atoms with van der Waals surface area (Å²) in [6.45, 7) is 10.9. The molecule has 0 aliphatic heterocycles. The Morgan fingerprint density at radius 2 is 2.10 bits per heavy atom. The number of anilines is 1. The van der Waals surface area contributed by atoms with Crippen LogP contribution < -0.4 is 16.2 Å².